The third kappa shape index (κ3) is 2.37. The molecule has 3 heterocycles. The first-order valence-corrected chi connectivity index (χ1v) is 6.80. The smallest absolute Gasteiger partial charge is 0.147 e. The van der Waals surface area contributed by atoms with Gasteiger partial charge in [-0.1, -0.05) is 23.2 Å². The molecule has 2 aliphatic rings. The van der Waals surface area contributed by atoms with E-state index < -0.39 is 0 Å². The summed E-state index contributed by atoms with van der Waals surface area (Å²) in [5.41, 5.74) is 0. The molecule has 3 rings (SSSR count). The summed E-state index contributed by atoms with van der Waals surface area (Å²) in [5, 5.41) is 4.88. The van der Waals surface area contributed by atoms with Gasteiger partial charge in [-0.15, -0.1) is 0 Å². The molecule has 0 radical (unpaired) electrons. The Morgan fingerprint density at radius 2 is 2.06 bits per heavy atom. The number of rotatable bonds is 1. The Morgan fingerprint density at radius 1 is 1.24 bits per heavy atom. The van der Waals surface area contributed by atoms with Gasteiger partial charge in [0.05, 0.1) is 10.0 Å². The van der Waals surface area contributed by atoms with Gasteiger partial charge in [0, 0.05) is 31.4 Å². The normalized spacial score (nSPS) is 28.2. The number of aromatic nitrogens is 1. The molecular weight excluding hydrogens is 257 g/mol. The van der Waals surface area contributed by atoms with Crippen LogP contribution < -0.4 is 10.2 Å². The van der Waals surface area contributed by atoms with E-state index in [1.54, 1.807) is 12.3 Å². The lowest BCUT2D eigenvalue weighted by atomic mass is 10.1. The predicted octanol–water partition coefficient (Wildman–Crippen LogP) is 2.72. The maximum Gasteiger partial charge on any atom is 0.147 e. The molecule has 5 heteroatoms. The average Bonchev–Trinajstić information content (AvgIpc) is 2.60. The molecule has 3 nitrogen and oxygen atoms in total. The Hall–Kier alpha value is -0.510. The third-order valence-electron chi connectivity index (χ3n) is 3.61. The Kier molecular flexibility index (Phi) is 3.16. The minimum atomic E-state index is 0.580. The van der Waals surface area contributed by atoms with Crippen LogP contribution in [0.25, 0.3) is 0 Å². The molecule has 92 valence electrons. The monoisotopic (exact) mass is 271 g/mol. The van der Waals surface area contributed by atoms with E-state index in [0.717, 1.165) is 25.3 Å². The van der Waals surface area contributed by atoms with Crippen molar-refractivity contribution in [2.45, 2.75) is 31.3 Å². The van der Waals surface area contributed by atoms with Crippen molar-refractivity contribution in [2.24, 2.45) is 0 Å². The van der Waals surface area contributed by atoms with Gasteiger partial charge in [0.1, 0.15) is 5.82 Å². The molecule has 2 bridgehead atoms. The first kappa shape index (κ1) is 11.6. The molecule has 17 heavy (non-hydrogen) atoms. The third-order valence-corrected chi connectivity index (χ3v) is 4.10. The molecule has 2 unspecified atom stereocenters. The topological polar surface area (TPSA) is 28.2 Å². The maximum atomic E-state index is 6.21. The lowest BCUT2D eigenvalue weighted by Gasteiger charge is -2.26. The molecule has 0 spiro atoms. The fourth-order valence-electron chi connectivity index (χ4n) is 2.78. The summed E-state index contributed by atoms with van der Waals surface area (Å²) in [4.78, 5) is 6.63. The van der Waals surface area contributed by atoms with E-state index in [1.807, 2.05) is 0 Å². The van der Waals surface area contributed by atoms with E-state index in [0.29, 0.717) is 22.1 Å². The van der Waals surface area contributed by atoms with Crippen molar-refractivity contribution < 1.29 is 0 Å². The fraction of sp³-hybridized carbons (Fsp3) is 0.583. The van der Waals surface area contributed by atoms with Crippen LogP contribution in [0.1, 0.15) is 19.3 Å². The summed E-state index contributed by atoms with van der Waals surface area (Å²) in [5.74, 6) is 0.866. The standard InChI is InChI=1S/C12H15Cl2N3/c13-8-5-11(14)12(15-6-8)17-4-3-9-1-2-10(7-17)16-9/h5-6,9-10,16H,1-4,7H2. The van der Waals surface area contributed by atoms with E-state index in [1.165, 1.54) is 12.8 Å². The molecular formula is C12H15Cl2N3. The van der Waals surface area contributed by atoms with Crippen LogP contribution in [0, 0.1) is 0 Å². The van der Waals surface area contributed by atoms with E-state index in [4.69, 9.17) is 23.2 Å². The molecule has 1 aromatic heterocycles. The first-order chi connectivity index (χ1) is 8.22. The van der Waals surface area contributed by atoms with Gasteiger partial charge in [-0.2, -0.15) is 0 Å². The molecule has 2 atom stereocenters. The van der Waals surface area contributed by atoms with Crippen LogP contribution in [0.2, 0.25) is 10.0 Å². The van der Waals surface area contributed by atoms with Gasteiger partial charge in [0.2, 0.25) is 0 Å². The zero-order chi connectivity index (χ0) is 11.8. The summed E-state index contributed by atoms with van der Waals surface area (Å²) in [6.45, 7) is 2.01. The minimum Gasteiger partial charge on any atom is -0.354 e. The Bertz CT molecular complexity index is 424. The second kappa shape index (κ2) is 4.63. The minimum absolute atomic E-state index is 0.580. The summed E-state index contributed by atoms with van der Waals surface area (Å²) in [7, 11) is 0. The SMILES string of the molecule is Clc1cnc(N2CCC3CCC(C2)N3)c(Cl)c1. The van der Waals surface area contributed by atoms with Crippen molar-refractivity contribution in [1.29, 1.82) is 0 Å². The zero-order valence-electron chi connectivity index (χ0n) is 9.50. The molecule has 0 saturated carbocycles. The van der Waals surface area contributed by atoms with Crippen molar-refractivity contribution >= 4 is 29.0 Å². The number of halogens is 2. The van der Waals surface area contributed by atoms with Crippen LogP contribution in [-0.2, 0) is 0 Å². The number of pyridine rings is 1. The Labute approximate surface area is 111 Å². The number of anilines is 1. The number of hydrogen-bond acceptors (Lipinski definition) is 3. The lowest BCUT2D eigenvalue weighted by Crippen LogP contribution is -2.35. The maximum absolute atomic E-state index is 6.21. The predicted molar refractivity (Wildman–Crippen MR) is 71.0 cm³/mol. The molecule has 0 aliphatic carbocycles. The highest BCUT2D eigenvalue weighted by molar-refractivity contribution is 6.36. The van der Waals surface area contributed by atoms with Crippen LogP contribution >= 0.6 is 23.2 Å². The van der Waals surface area contributed by atoms with E-state index in [-0.39, 0.29) is 0 Å². The highest BCUT2D eigenvalue weighted by Gasteiger charge is 2.30. The molecule has 0 aromatic carbocycles. The molecule has 2 fully saturated rings. The van der Waals surface area contributed by atoms with Gasteiger partial charge in [-0.05, 0) is 25.3 Å². The van der Waals surface area contributed by atoms with Gasteiger partial charge in [0.15, 0.2) is 0 Å². The molecule has 1 aromatic rings. The fourth-order valence-corrected chi connectivity index (χ4v) is 3.28. The number of nitrogens with zero attached hydrogens (tertiary/aromatic N) is 2. The number of hydrogen-bond donors (Lipinski definition) is 1. The van der Waals surface area contributed by atoms with Crippen LogP contribution in [-0.4, -0.2) is 30.2 Å². The van der Waals surface area contributed by atoms with Gasteiger partial charge in [-0.3, -0.25) is 0 Å². The molecule has 0 amide bonds. The van der Waals surface area contributed by atoms with Gasteiger partial charge in [-0.25, -0.2) is 4.98 Å². The Morgan fingerprint density at radius 3 is 2.88 bits per heavy atom. The second-order valence-corrected chi connectivity index (χ2v) is 5.68. The van der Waals surface area contributed by atoms with Crippen molar-refractivity contribution in [1.82, 2.24) is 10.3 Å². The van der Waals surface area contributed by atoms with Crippen LogP contribution in [0.4, 0.5) is 5.82 Å². The summed E-state index contributed by atoms with van der Waals surface area (Å²) >= 11 is 12.1. The number of nitrogens with one attached hydrogen (secondary N) is 1. The summed E-state index contributed by atoms with van der Waals surface area (Å²) in [6.07, 6.45) is 5.39. The highest BCUT2D eigenvalue weighted by atomic mass is 35.5. The van der Waals surface area contributed by atoms with Gasteiger partial charge >= 0.3 is 0 Å². The van der Waals surface area contributed by atoms with E-state index in [9.17, 15) is 0 Å². The molecule has 1 N–H and O–H groups in total. The highest BCUT2D eigenvalue weighted by Crippen LogP contribution is 2.29. The molecule has 2 aliphatic heterocycles. The number of fused-ring (bicyclic) bond motifs is 2. The van der Waals surface area contributed by atoms with Gasteiger partial charge in [0.25, 0.3) is 0 Å². The van der Waals surface area contributed by atoms with E-state index >= 15 is 0 Å². The second-order valence-electron chi connectivity index (χ2n) is 4.83. The van der Waals surface area contributed by atoms with Crippen LogP contribution in [0.15, 0.2) is 12.3 Å². The molecule has 2 saturated heterocycles. The quantitative estimate of drug-likeness (QED) is 0.852. The zero-order valence-corrected chi connectivity index (χ0v) is 11.0. The van der Waals surface area contributed by atoms with Crippen molar-refractivity contribution in [3.63, 3.8) is 0 Å². The van der Waals surface area contributed by atoms with Crippen molar-refractivity contribution in [3.8, 4) is 0 Å². The van der Waals surface area contributed by atoms with Crippen LogP contribution in [0.3, 0.4) is 0 Å². The van der Waals surface area contributed by atoms with Crippen molar-refractivity contribution in [3.05, 3.63) is 22.3 Å². The lowest BCUT2D eigenvalue weighted by molar-refractivity contribution is 0.563. The average molecular weight is 272 g/mol. The largest absolute Gasteiger partial charge is 0.354 e. The summed E-state index contributed by atoms with van der Waals surface area (Å²) in [6, 6.07) is 3.02. The first-order valence-electron chi connectivity index (χ1n) is 6.04. The van der Waals surface area contributed by atoms with Crippen molar-refractivity contribution in [2.75, 3.05) is 18.0 Å². The van der Waals surface area contributed by atoms with Crippen LogP contribution in [0.5, 0.6) is 0 Å². The summed E-state index contributed by atoms with van der Waals surface area (Å²) < 4.78 is 0. The van der Waals surface area contributed by atoms with E-state index in [2.05, 4.69) is 15.2 Å². The Balaban J connectivity index is 1.83. The van der Waals surface area contributed by atoms with Gasteiger partial charge < -0.3 is 10.2 Å².